The zero-order chi connectivity index (χ0) is 12.3. The number of aldehydes is 2. The van der Waals surface area contributed by atoms with Crippen LogP contribution in [-0.4, -0.2) is 29.7 Å². The molecule has 0 fully saturated rings. The Hall–Kier alpha value is -1.23. The number of aliphatic carboxylic acids is 1. The fourth-order valence-electron chi connectivity index (χ4n) is 0.570. The first-order chi connectivity index (χ1) is 6.97. The van der Waals surface area contributed by atoms with E-state index >= 15 is 0 Å². The summed E-state index contributed by atoms with van der Waals surface area (Å²) >= 11 is 0. The molecule has 0 saturated carbocycles. The molecule has 0 radical (unpaired) electrons. The minimum absolute atomic E-state index is 0.0208. The number of rotatable bonds is 6. The summed E-state index contributed by atoms with van der Waals surface area (Å²) in [5, 5.41) is 8.23. The molecule has 5 nitrogen and oxygen atoms in total. The Labute approximate surface area is 89.6 Å². The van der Waals surface area contributed by atoms with Gasteiger partial charge in [-0.05, 0) is 12.3 Å². The molecule has 0 aliphatic heterocycles. The SMILES string of the molecule is CC(C)[C@H](N)C(=O)O.O=CCCCC=O. The molecule has 0 aromatic carbocycles. The third kappa shape index (κ3) is 12.8. The first kappa shape index (κ1) is 16.2. The van der Waals surface area contributed by atoms with Gasteiger partial charge in [-0.2, -0.15) is 0 Å². The highest BCUT2D eigenvalue weighted by molar-refractivity contribution is 5.73. The summed E-state index contributed by atoms with van der Waals surface area (Å²) in [4.78, 5) is 29.1. The van der Waals surface area contributed by atoms with E-state index in [1.54, 1.807) is 13.8 Å². The Morgan fingerprint density at radius 2 is 1.67 bits per heavy atom. The molecule has 0 aliphatic carbocycles. The maximum absolute atomic E-state index is 10.0. The van der Waals surface area contributed by atoms with E-state index in [0.29, 0.717) is 19.3 Å². The summed E-state index contributed by atoms with van der Waals surface area (Å²) in [6, 6.07) is -0.713. The van der Waals surface area contributed by atoms with Crippen LogP contribution in [0.5, 0.6) is 0 Å². The molecule has 0 aliphatic rings. The zero-order valence-electron chi connectivity index (χ0n) is 9.18. The van der Waals surface area contributed by atoms with Crippen LogP contribution in [0.4, 0.5) is 0 Å². The van der Waals surface area contributed by atoms with Crippen LogP contribution >= 0.6 is 0 Å². The van der Waals surface area contributed by atoms with E-state index in [1.165, 1.54) is 0 Å². The van der Waals surface area contributed by atoms with Gasteiger partial charge >= 0.3 is 5.97 Å². The average Bonchev–Trinajstić information content (AvgIpc) is 2.18. The summed E-state index contributed by atoms with van der Waals surface area (Å²) in [5.74, 6) is -0.910. The van der Waals surface area contributed by atoms with Gasteiger partial charge in [-0.15, -0.1) is 0 Å². The van der Waals surface area contributed by atoms with E-state index in [1.807, 2.05) is 0 Å². The number of carboxylic acid groups (broad SMARTS) is 1. The molecule has 0 heterocycles. The first-order valence-electron chi connectivity index (χ1n) is 4.83. The van der Waals surface area contributed by atoms with Gasteiger partial charge in [0, 0.05) is 12.8 Å². The van der Waals surface area contributed by atoms with Crippen molar-refractivity contribution >= 4 is 18.5 Å². The molecule has 0 amide bonds. The van der Waals surface area contributed by atoms with Gasteiger partial charge in [-0.3, -0.25) is 4.79 Å². The van der Waals surface area contributed by atoms with Gasteiger partial charge in [0.05, 0.1) is 0 Å². The molecule has 3 N–H and O–H groups in total. The van der Waals surface area contributed by atoms with Crippen molar-refractivity contribution < 1.29 is 19.5 Å². The van der Waals surface area contributed by atoms with Gasteiger partial charge in [0.1, 0.15) is 18.6 Å². The van der Waals surface area contributed by atoms with Crippen LogP contribution in [0.25, 0.3) is 0 Å². The molecule has 0 aromatic heterocycles. The number of carboxylic acids is 1. The quantitative estimate of drug-likeness (QED) is 0.501. The molecule has 1 atom stereocenters. The highest BCUT2D eigenvalue weighted by atomic mass is 16.4. The van der Waals surface area contributed by atoms with E-state index in [4.69, 9.17) is 10.8 Å². The lowest BCUT2D eigenvalue weighted by molar-refractivity contribution is -0.139. The zero-order valence-corrected chi connectivity index (χ0v) is 9.18. The average molecular weight is 217 g/mol. The normalized spacial score (nSPS) is 11.2. The van der Waals surface area contributed by atoms with Crippen molar-refractivity contribution in [1.29, 1.82) is 0 Å². The van der Waals surface area contributed by atoms with Gasteiger partial charge in [0.2, 0.25) is 0 Å². The maximum Gasteiger partial charge on any atom is 0.320 e. The number of nitrogens with two attached hydrogens (primary N) is 1. The van der Waals surface area contributed by atoms with Crippen molar-refractivity contribution in [2.24, 2.45) is 11.7 Å². The standard InChI is InChI=1S/C5H11NO2.C5H8O2/c1-3(2)4(6)5(7)8;6-4-2-1-3-5-7/h3-4H,6H2,1-2H3,(H,7,8);4-5H,1-3H2/t4-;/m0./s1. The predicted octanol–water partition coefficient (Wildman–Crippen LogP) is 0.609. The first-order valence-corrected chi connectivity index (χ1v) is 4.83. The Bertz CT molecular complexity index is 184. The summed E-state index contributed by atoms with van der Waals surface area (Å²) in [6.45, 7) is 3.55. The number of carbonyl (C=O) groups is 3. The Morgan fingerprint density at radius 1 is 1.27 bits per heavy atom. The molecule has 0 bridgehead atoms. The largest absolute Gasteiger partial charge is 0.480 e. The van der Waals surface area contributed by atoms with Crippen molar-refractivity contribution in [3.8, 4) is 0 Å². The fourth-order valence-corrected chi connectivity index (χ4v) is 0.570. The molecule has 88 valence electrons. The van der Waals surface area contributed by atoms with Crippen LogP contribution < -0.4 is 5.73 Å². The predicted molar refractivity (Wildman–Crippen MR) is 56.4 cm³/mol. The van der Waals surface area contributed by atoms with Crippen LogP contribution in [0.15, 0.2) is 0 Å². The maximum atomic E-state index is 10.0. The van der Waals surface area contributed by atoms with Crippen molar-refractivity contribution in [2.75, 3.05) is 0 Å². The minimum atomic E-state index is -0.931. The number of unbranched alkanes of at least 4 members (excludes halogenated alkanes) is 2. The van der Waals surface area contributed by atoms with Gasteiger partial charge < -0.3 is 20.4 Å². The lowest BCUT2D eigenvalue weighted by Crippen LogP contribution is -2.34. The van der Waals surface area contributed by atoms with Crippen molar-refractivity contribution in [1.82, 2.24) is 0 Å². The number of hydrogen-bond acceptors (Lipinski definition) is 4. The van der Waals surface area contributed by atoms with Crippen molar-refractivity contribution in [3.05, 3.63) is 0 Å². The van der Waals surface area contributed by atoms with Gasteiger partial charge in [-0.25, -0.2) is 0 Å². The highest BCUT2D eigenvalue weighted by Gasteiger charge is 2.14. The van der Waals surface area contributed by atoms with Gasteiger partial charge in [0.25, 0.3) is 0 Å². The highest BCUT2D eigenvalue weighted by Crippen LogP contribution is 1.96. The molecular formula is C10H19NO4. The molecule has 0 rings (SSSR count). The van der Waals surface area contributed by atoms with Crippen molar-refractivity contribution in [2.45, 2.75) is 39.2 Å². The topological polar surface area (TPSA) is 97.5 Å². The molecule has 0 aromatic rings. The van der Waals surface area contributed by atoms with E-state index in [-0.39, 0.29) is 5.92 Å². The lowest BCUT2D eigenvalue weighted by atomic mass is 10.1. The van der Waals surface area contributed by atoms with Gasteiger partial charge in [-0.1, -0.05) is 13.8 Å². The summed E-state index contributed by atoms with van der Waals surface area (Å²) in [7, 11) is 0. The van der Waals surface area contributed by atoms with Crippen molar-refractivity contribution in [3.63, 3.8) is 0 Å². The number of hydrogen-bond donors (Lipinski definition) is 2. The third-order valence-electron chi connectivity index (χ3n) is 1.65. The Balaban J connectivity index is 0. The minimum Gasteiger partial charge on any atom is -0.480 e. The summed E-state index contributed by atoms with van der Waals surface area (Å²) < 4.78 is 0. The second-order valence-corrected chi connectivity index (χ2v) is 3.37. The third-order valence-corrected chi connectivity index (χ3v) is 1.65. The molecular weight excluding hydrogens is 198 g/mol. The van der Waals surface area contributed by atoms with Crippen LogP contribution in [0.1, 0.15) is 33.1 Å². The van der Waals surface area contributed by atoms with Crippen LogP contribution in [0, 0.1) is 5.92 Å². The molecule has 0 unspecified atom stereocenters. The molecule has 15 heavy (non-hydrogen) atoms. The lowest BCUT2D eigenvalue weighted by Gasteiger charge is -2.07. The molecule has 5 heteroatoms. The van der Waals surface area contributed by atoms with E-state index in [0.717, 1.165) is 12.6 Å². The second-order valence-electron chi connectivity index (χ2n) is 3.37. The van der Waals surface area contributed by atoms with E-state index in [9.17, 15) is 14.4 Å². The Kier molecular flexibility index (Phi) is 11.7. The second kappa shape index (κ2) is 10.8. The van der Waals surface area contributed by atoms with E-state index in [2.05, 4.69) is 0 Å². The molecule has 0 spiro atoms. The number of carbonyl (C=O) groups excluding carboxylic acids is 2. The smallest absolute Gasteiger partial charge is 0.320 e. The van der Waals surface area contributed by atoms with Crippen LogP contribution in [-0.2, 0) is 14.4 Å². The monoisotopic (exact) mass is 217 g/mol. The van der Waals surface area contributed by atoms with Gasteiger partial charge in [0.15, 0.2) is 0 Å². The molecule has 0 saturated heterocycles. The summed E-state index contributed by atoms with van der Waals surface area (Å²) in [6.07, 6.45) is 3.37. The van der Waals surface area contributed by atoms with E-state index < -0.39 is 12.0 Å². The van der Waals surface area contributed by atoms with Crippen LogP contribution in [0.3, 0.4) is 0 Å². The Morgan fingerprint density at radius 3 is 1.80 bits per heavy atom. The fraction of sp³-hybridized carbons (Fsp3) is 0.700. The summed E-state index contributed by atoms with van der Waals surface area (Å²) in [5.41, 5.74) is 5.16. The van der Waals surface area contributed by atoms with Crippen LogP contribution in [0.2, 0.25) is 0 Å².